The number of aromatic nitrogens is 4. The number of ether oxygens (including phenoxy) is 1. The van der Waals surface area contributed by atoms with Crippen LogP contribution in [-0.4, -0.2) is 43.2 Å². The van der Waals surface area contributed by atoms with E-state index in [0.29, 0.717) is 10.7 Å². The molecule has 0 aliphatic rings. The predicted octanol–water partition coefficient (Wildman–Crippen LogP) is 2.39. The van der Waals surface area contributed by atoms with Crippen molar-refractivity contribution in [2.75, 3.05) is 7.11 Å². The van der Waals surface area contributed by atoms with E-state index in [1.165, 1.54) is 18.1 Å². The molecule has 1 aromatic carbocycles. The molecule has 1 atom stereocenters. The summed E-state index contributed by atoms with van der Waals surface area (Å²) in [5, 5.41) is 14.1. The molecule has 0 amide bonds. The number of carboxylic acids is 1. The molecule has 0 saturated carbocycles. The molecule has 0 fully saturated rings. The number of thioether (sulfide) groups is 1. The fourth-order valence-electron chi connectivity index (χ4n) is 2.05. The van der Waals surface area contributed by atoms with Gasteiger partial charge in [0, 0.05) is 0 Å². The standard InChI is InChI=1S/C15H14N4O3S/c1-9(15(20)21)23-14-12-7-18-19(13(12)16-8-17-14)10-3-5-11(22-2)6-4-10/h3-9H,1-2H3,(H,20,21). The maximum atomic E-state index is 11.0. The summed E-state index contributed by atoms with van der Waals surface area (Å²) in [6.07, 6.45) is 3.07. The summed E-state index contributed by atoms with van der Waals surface area (Å²) in [7, 11) is 1.61. The van der Waals surface area contributed by atoms with Crippen molar-refractivity contribution in [3.05, 3.63) is 36.8 Å². The van der Waals surface area contributed by atoms with E-state index in [4.69, 9.17) is 9.84 Å². The molecular formula is C15H14N4O3S. The number of nitrogens with zero attached hydrogens (tertiary/aromatic N) is 4. The molecule has 3 aromatic rings. The van der Waals surface area contributed by atoms with Crippen molar-refractivity contribution >= 4 is 28.8 Å². The highest BCUT2D eigenvalue weighted by atomic mass is 32.2. The molecule has 2 heterocycles. The third-order valence-electron chi connectivity index (χ3n) is 3.28. The van der Waals surface area contributed by atoms with Crippen LogP contribution in [0.1, 0.15) is 6.92 Å². The molecule has 0 aliphatic heterocycles. The number of hydrogen-bond acceptors (Lipinski definition) is 6. The summed E-state index contributed by atoms with van der Waals surface area (Å²) in [4.78, 5) is 19.5. The second-order valence-corrected chi connectivity index (χ2v) is 6.10. The van der Waals surface area contributed by atoms with Crippen LogP contribution in [0.2, 0.25) is 0 Å². The Balaban J connectivity index is 2.02. The molecule has 3 rings (SSSR count). The Morgan fingerprint density at radius 1 is 1.30 bits per heavy atom. The SMILES string of the molecule is COc1ccc(-n2ncc3c(SC(C)C(=O)O)ncnc32)cc1. The molecule has 7 nitrogen and oxygen atoms in total. The van der Waals surface area contributed by atoms with E-state index in [-0.39, 0.29) is 0 Å². The fourth-order valence-corrected chi connectivity index (χ4v) is 2.86. The molecule has 0 spiro atoms. The van der Waals surface area contributed by atoms with Crippen molar-refractivity contribution in [1.29, 1.82) is 0 Å². The highest BCUT2D eigenvalue weighted by molar-refractivity contribution is 8.00. The third-order valence-corrected chi connectivity index (χ3v) is 4.39. The molecular weight excluding hydrogens is 316 g/mol. The van der Waals surface area contributed by atoms with Gasteiger partial charge in [-0.05, 0) is 31.2 Å². The number of carbonyl (C=O) groups is 1. The first-order chi connectivity index (χ1) is 11.1. The van der Waals surface area contributed by atoms with Crippen LogP contribution in [0.25, 0.3) is 16.7 Å². The zero-order valence-electron chi connectivity index (χ0n) is 12.5. The van der Waals surface area contributed by atoms with E-state index in [2.05, 4.69) is 15.1 Å². The Hall–Kier alpha value is -2.61. The molecule has 1 unspecified atom stereocenters. The molecule has 0 radical (unpaired) electrons. The van der Waals surface area contributed by atoms with Gasteiger partial charge >= 0.3 is 5.97 Å². The van der Waals surface area contributed by atoms with Crippen LogP contribution in [0.5, 0.6) is 5.75 Å². The summed E-state index contributed by atoms with van der Waals surface area (Å²) < 4.78 is 6.83. The first-order valence-electron chi connectivity index (χ1n) is 6.83. The third kappa shape index (κ3) is 2.98. The lowest BCUT2D eigenvalue weighted by Gasteiger charge is -2.07. The lowest BCUT2D eigenvalue weighted by Crippen LogP contribution is -2.11. The van der Waals surface area contributed by atoms with Crippen LogP contribution in [0.3, 0.4) is 0 Å². The van der Waals surface area contributed by atoms with Crippen LogP contribution in [0.15, 0.2) is 41.8 Å². The first kappa shape index (κ1) is 15.3. The quantitative estimate of drug-likeness (QED) is 0.567. The Bertz CT molecular complexity index is 848. The van der Waals surface area contributed by atoms with Crippen molar-refractivity contribution < 1.29 is 14.6 Å². The molecule has 1 N–H and O–H groups in total. The topological polar surface area (TPSA) is 90.1 Å². The normalized spacial score (nSPS) is 12.3. The minimum Gasteiger partial charge on any atom is -0.497 e. The van der Waals surface area contributed by atoms with Gasteiger partial charge in [-0.3, -0.25) is 4.79 Å². The molecule has 0 aliphatic carbocycles. The van der Waals surface area contributed by atoms with E-state index in [1.54, 1.807) is 24.9 Å². The predicted molar refractivity (Wildman–Crippen MR) is 86.2 cm³/mol. The number of fused-ring (bicyclic) bond motifs is 1. The van der Waals surface area contributed by atoms with Crippen molar-refractivity contribution in [2.24, 2.45) is 0 Å². The molecule has 2 aromatic heterocycles. The smallest absolute Gasteiger partial charge is 0.316 e. The van der Waals surface area contributed by atoms with Crippen molar-refractivity contribution in [3.63, 3.8) is 0 Å². The largest absolute Gasteiger partial charge is 0.497 e. The summed E-state index contributed by atoms with van der Waals surface area (Å²) in [6.45, 7) is 1.62. The van der Waals surface area contributed by atoms with Gasteiger partial charge in [0.25, 0.3) is 0 Å². The van der Waals surface area contributed by atoms with E-state index in [9.17, 15) is 4.79 Å². The second-order valence-electron chi connectivity index (χ2n) is 4.77. The van der Waals surface area contributed by atoms with Crippen LogP contribution in [0.4, 0.5) is 0 Å². The van der Waals surface area contributed by atoms with Gasteiger partial charge in [-0.15, -0.1) is 0 Å². The Morgan fingerprint density at radius 2 is 2.04 bits per heavy atom. The number of rotatable bonds is 5. The summed E-state index contributed by atoms with van der Waals surface area (Å²) in [5.74, 6) is -0.129. The van der Waals surface area contributed by atoms with Crippen LogP contribution in [0, 0.1) is 0 Å². The first-order valence-corrected chi connectivity index (χ1v) is 7.70. The van der Waals surface area contributed by atoms with Gasteiger partial charge < -0.3 is 9.84 Å². The highest BCUT2D eigenvalue weighted by Gasteiger charge is 2.17. The van der Waals surface area contributed by atoms with Crippen LogP contribution >= 0.6 is 11.8 Å². The Kier molecular flexibility index (Phi) is 4.16. The van der Waals surface area contributed by atoms with Crippen LogP contribution < -0.4 is 4.74 Å². The van der Waals surface area contributed by atoms with E-state index in [1.807, 2.05) is 24.3 Å². The fraction of sp³-hybridized carbons (Fsp3) is 0.200. The van der Waals surface area contributed by atoms with Gasteiger partial charge in [-0.25, -0.2) is 14.6 Å². The molecule has 118 valence electrons. The zero-order valence-corrected chi connectivity index (χ0v) is 13.3. The minimum atomic E-state index is -0.885. The van der Waals surface area contributed by atoms with Gasteiger partial charge in [-0.1, -0.05) is 11.8 Å². The average molecular weight is 330 g/mol. The maximum Gasteiger partial charge on any atom is 0.316 e. The molecule has 23 heavy (non-hydrogen) atoms. The van der Waals surface area contributed by atoms with Crippen molar-refractivity contribution in [2.45, 2.75) is 17.2 Å². The average Bonchev–Trinajstić information content (AvgIpc) is 3.00. The lowest BCUT2D eigenvalue weighted by molar-refractivity contribution is -0.136. The monoisotopic (exact) mass is 330 g/mol. The number of benzene rings is 1. The molecule has 0 bridgehead atoms. The Labute approximate surface area is 136 Å². The molecule has 0 saturated heterocycles. The van der Waals surface area contributed by atoms with E-state index in [0.717, 1.165) is 16.8 Å². The van der Waals surface area contributed by atoms with Gasteiger partial charge in [0.1, 0.15) is 22.4 Å². The van der Waals surface area contributed by atoms with Gasteiger partial charge in [0.2, 0.25) is 0 Å². The zero-order chi connectivity index (χ0) is 16.4. The van der Waals surface area contributed by atoms with Crippen molar-refractivity contribution in [3.8, 4) is 11.4 Å². The number of methoxy groups -OCH3 is 1. The van der Waals surface area contributed by atoms with E-state index >= 15 is 0 Å². The Morgan fingerprint density at radius 3 is 2.70 bits per heavy atom. The highest BCUT2D eigenvalue weighted by Crippen LogP contribution is 2.29. The number of carboxylic acid groups (broad SMARTS) is 1. The summed E-state index contributed by atoms with van der Waals surface area (Å²) in [5.41, 5.74) is 1.46. The molecule has 8 heteroatoms. The van der Waals surface area contributed by atoms with Crippen LogP contribution in [-0.2, 0) is 4.79 Å². The number of hydrogen-bond donors (Lipinski definition) is 1. The maximum absolute atomic E-state index is 11.0. The minimum absolute atomic E-state index is 0.600. The second kappa shape index (κ2) is 6.25. The summed E-state index contributed by atoms with van der Waals surface area (Å²) in [6, 6.07) is 7.43. The van der Waals surface area contributed by atoms with Gasteiger partial charge in [0.15, 0.2) is 5.65 Å². The lowest BCUT2D eigenvalue weighted by atomic mass is 10.3. The van der Waals surface area contributed by atoms with E-state index < -0.39 is 11.2 Å². The summed E-state index contributed by atoms with van der Waals surface area (Å²) >= 11 is 1.17. The number of aliphatic carboxylic acids is 1. The van der Waals surface area contributed by atoms with Crippen molar-refractivity contribution in [1.82, 2.24) is 19.7 Å². The van der Waals surface area contributed by atoms with Gasteiger partial charge in [-0.2, -0.15) is 5.10 Å². The van der Waals surface area contributed by atoms with Gasteiger partial charge in [0.05, 0.1) is 24.4 Å².